The van der Waals surface area contributed by atoms with Crippen molar-refractivity contribution < 1.29 is 44.1 Å². The van der Waals surface area contributed by atoms with Crippen LogP contribution in [0.4, 0.5) is 0 Å². The number of nitrogens with zero attached hydrogens (tertiary/aromatic N) is 5. The zero-order valence-corrected chi connectivity index (χ0v) is 30.2. The minimum Gasteiger partial charge on any atom is -0.510 e. The monoisotopic (exact) mass is 884 g/mol. The molecule has 54 heavy (non-hydrogen) atoms. The average molecular weight is 885 g/mol. The molecule has 6 aromatic carbocycles. The maximum absolute atomic E-state index is 8.67. The van der Waals surface area contributed by atoms with Crippen LogP contribution < -0.4 is 9.30 Å². The van der Waals surface area contributed by atoms with Crippen molar-refractivity contribution in [2.45, 2.75) is 0 Å². The van der Waals surface area contributed by atoms with Crippen molar-refractivity contribution in [3.63, 3.8) is 0 Å². The zero-order chi connectivity index (χ0) is 43.8. The topological polar surface area (TPSA) is 48.8 Å². The van der Waals surface area contributed by atoms with Gasteiger partial charge in [0.2, 0.25) is 0 Å². The molecule has 0 aliphatic heterocycles. The van der Waals surface area contributed by atoms with Gasteiger partial charge in [0.05, 0.1) is 36.1 Å². The van der Waals surface area contributed by atoms with E-state index >= 15 is 0 Å². The Labute approximate surface area is 340 Å². The molecule has 4 aromatic heterocycles. The van der Waals surface area contributed by atoms with Crippen molar-refractivity contribution >= 4 is 32.8 Å². The molecule has 10 rings (SSSR count). The number of ether oxygens (including phenoxy) is 1. The number of fused-ring (bicyclic) bond motifs is 4. The Morgan fingerprint density at radius 1 is 0.648 bits per heavy atom. The summed E-state index contributed by atoms with van der Waals surface area (Å²) >= 11 is 0. The first-order chi connectivity index (χ1) is 30.4. The van der Waals surface area contributed by atoms with Crippen molar-refractivity contribution in [3.8, 4) is 51.1 Å². The van der Waals surface area contributed by atoms with E-state index in [-0.39, 0.29) is 62.1 Å². The molecule has 0 unspecified atom stereocenters. The molecular weight excluding hydrogens is 846 g/mol. The second-order valence-electron chi connectivity index (χ2n) is 12.0. The van der Waals surface area contributed by atoms with Gasteiger partial charge in [-0.3, -0.25) is 9.55 Å². The molecule has 4 heterocycles. The van der Waals surface area contributed by atoms with Gasteiger partial charge in [0.15, 0.2) is 0 Å². The van der Waals surface area contributed by atoms with Gasteiger partial charge >= 0.3 is 0 Å². The molecule has 0 fully saturated rings. The maximum Gasteiger partial charge on any atom is 0.268 e. The van der Waals surface area contributed by atoms with E-state index in [1.54, 1.807) is 45.7 Å². The predicted octanol–water partition coefficient (Wildman–Crippen LogP) is 10.3. The summed E-state index contributed by atoms with van der Waals surface area (Å²) in [6.45, 7) is 0. The third kappa shape index (κ3) is 5.87. The number of hydrogen-bond donors (Lipinski definition) is 0. The first-order valence-electron chi connectivity index (χ1n) is 21.6. The largest absolute Gasteiger partial charge is 0.510 e. The molecule has 0 aliphatic rings. The Kier molecular flexibility index (Phi) is 6.21. The Morgan fingerprint density at radius 3 is 2.24 bits per heavy atom. The van der Waals surface area contributed by atoms with Crippen LogP contribution in [-0.2, 0) is 21.1 Å². The van der Waals surface area contributed by atoms with Crippen LogP contribution in [-0.4, -0.2) is 19.1 Å². The molecule has 7 heteroatoms. The van der Waals surface area contributed by atoms with Gasteiger partial charge in [-0.1, -0.05) is 114 Å². The fourth-order valence-electron chi connectivity index (χ4n) is 6.56. The second-order valence-corrected chi connectivity index (χ2v) is 12.0. The molecule has 0 saturated heterocycles. The van der Waals surface area contributed by atoms with Gasteiger partial charge in [0.1, 0.15) is 5.82 Å². The van der Waals surface area contributed by atoms with Gasteiger partial charge in [0.25, 0.3) is 6.33 Å². The molecule has 10 aromatic rings. The van der Waals surface area contributed by atoms with E-state index in [0.29, 0.717) is 45.3 Å². The second kappa shape index (κ2) is 14.1. The average Bonchev–Trinajstić information content (AvgIpc) is 3.85. The number of imidazole rings is 1. The van der Waals surface area contributed by atoms with Crippen LogP contribution in [0.15, 0.2) is 176 Å². The van der Waals surface area contributed by atoms with Crippen molar-refractivity contribution in [3.05, 3.63) is 194 Å². The summed E-state index contributed by atoms with van der Waals surface area (Å²) in [5, 5.41) is 1.79. The smallest absolute Gasteiger partial charge is 0.268 e. The third-order valence-corrected chi connectivity index (χ3v) is 8.86. The van der Waals surface area contributed by atoms with Crippen LogP contribution in [0, 0.1) is 18.5 Å². The molecule has 0 atom stereocenters. The summed E-state index contributed by atoms with van der Waals surface area (Å²) in [6.07, 6.45) is 6.45. The summed E-state index contributed by atoms with van der Waals surface area (Å²) < 4.78 is 95.5. The summed E-state index contributed by atoms with van der Waals surface area (Å²) in [4.78, 5) is 9.10. The Bertz CT molecular complexity index is 3480. The molecule has 0 spiro atoms. The summed E-state index contributed by atoms with van der Waals surface area (Å²) in [5.41, 5.74) is 4.55. The van der Waals surface area contributed by atoms with E-state index in [4.69, 9.17) is 23.4 Å². The van der Waals surface area contributed by atoms with E-state index in [9.17, 15) is 0 Å². The van der Waals surface area contributed by atoms with E-state index in [1.165, 1.54) is 6.20 Å². The van der Waals surface area contributed by atoms with Crippen molar-refractivity contribution in [1.29, 1.82) is 0 Å². The number of benzene rings is 6. The van der Waals surface area contributed by atoms with E-state index in [1.807, 2.05) is 77.4 Å². The standard InChI is InChI=1S/C47H29N5O.Pt/c1-3-13-33(14-4-1)40-31-48-28-27-42(40)51-32-50(44-22-9-10-23-45(44)51)35-17-11-18-36(29-35)53-37-25-26-39-38-19-7-8-21-43(38)52(46(39)30-37)47-24-12-20-41(49-47)34-15-5-2-6-16-34;/h1-28,31H;/q-2;/i1D,2D,3D,4D,5D,6D,13D,14D,15D,16D;. The van der Waals surface area contributed by atoms with Gasteiger partial charge in [-0.25, -0.2) is 4.98 Å². The third-order valence-electron chi connectivity index (χ3n) is 8.86. The molecule has 0 saturated carbocycles. The van der Waals surface area contributed by atoms with Crippen molar-refractivity contribution in [2.24, 2.45) is 0 Å². The van der Waals surface area contributed by atoms with Crippen molar-refractivity contribution in [1.82, 2.24) is 19.1 Å². The van der Waals surface area contributed by atoms with Crippen LogP contribution in [0.25, 0.3) is 72.4 Å². The molecule has 0 N–H and O–H groups in total. The van der Waals surface area contributed by atoms with Crippen LogP contribution in [0.5, 0.6) is 11.5 Å². The number of pyridine rings is 2. The molecule has 0 aliphatic carbocycles. The number of rotatable bonds is 7. The summed E-state index contributed by atoms with van der Waals surface area (Å²) in [6, 6.07) is 34.1. The molecule has 6 nitrogen and oxygen atoms in total. The Morgan fingerprint density at radius 2 is 1.39 bits per heavy atom. The minimum atomic E-state index is -0.482. The molecule has 0 radical (unpaired) electrons. The van der Waals surface area contributed by atoms with Gasteiger partial charge in [-0.15, -0.1) is 29.7 Å². The first kappa shape index (κ1) is 23.8. The molecule has 0 amide bonds. The first-order valence-corrected chi connectivity index (χ1v) is 16.6. The van der Waals surface area contributed by atoms with E-state index in [2.05, 4.69) is 23.4 Å². The quantitative estimate of drug-likeness (QED) is 0.118. The minimum absolute atomic E-state index is 0. The van der Waals surface area contributed by atoms with E-state index in [0.717, 1.165) is 21.8 Å². The van der Waals surface area contributed by atoms with Gasteiger partial charge < -0.3 is 13.9 Å². The summed E-state index contributed by atoms with van der Waals surface area (Å²) in [5.74, 6) is 1.19. The number of aromatic nitrogens is 5. The van der Waals surface area contributed by atoms with Gasteiger partial charge in [-0.2, -0.15) is 18.2 Å². The number of para-hydroxylation sites is 3. The molecular formula is C47H29N5OPt-2. The van der Waals surface area contributed by atoms with Crippen LogP contribution in [0.3, 0.4) is 0 Å². The molecule has 0 bridgehead atoms. The van der Waals surface area contributed by atoms with Crippen LogP contribution in [0.2, 0.25) is 0 Å². The Balaban J connectivity index is 0.00000518. The maximum atomic E-state index is 8.67. The fourth-order valence-corrected chi connectivity index (χ4v) is 6.56. The van der Waals surface area contributed by atoms with Crippen LogP contribution in [0.1, 0.15) is 13.7 Å². The Hall–Kier alpha value is -6.62. The van der Waals surface area contributed by atoms with Gasteiger partial charge in [-0.05, 0) is 40.9 Å². The summed E-state index contributed by atoms with van der Waals surface area (Å²) in [7, 11) is 0. The number of hydrogen-bond acceptors (Lipinski definition) is 3. The normalized spacial score (nSPS) is 13.8. The SMILES string of the molecule is [2H]c1c([2H])c([2H])c(-c2cccc(-n3c4[c-]c(Oc5[c-]c(-n6[c-][n+](-c7ccncc7-c7c([2H])c([2H])c([2H])c([2H])c7[2H])c7ccccc76)ccc5)ccc4c4ccccc43)n2)c([2H])c1[2H].[Pt]. The van der Waals surface area contributed by atoms with E-state index < -0.39 is 36.3 Å². The predicted molar refractivity (Wildman–Crippen MR) is 209 cm³/mol. The van der Waals surface area contributed by atoms with Crippen molar-refractivity contribution in [2.75, 3.05) is 0 Å². The zero-order valence-electron chi connectivity index (χ0n) is 37.9. The van der Waals surface area contributed by atoms with Gasteiger partial charge in [0, 0.05) is 61.6 Å². The van der Waals surface area contributed by atoms with Crippen LogP contribution >= 0.6 is 0 Å². The fraction of sp³-hybridized carbons (Fsp3) is 0. The molecule has 260 valence electrons.